The number of carbonyl (C=O) groups excluding carboxylic acids is 1. The van der Waals surface area contributed by atoms with Crippen molar-refractivity contribution in [1.29, 1.82) is 0 Å². The minimum absolute atomic E-state index is 0.148. The van der Waals surface area contributed by atoms with Crippen LogP contribution < -0.4 is 0 Å². The van der Waals surface area contributed by atoms with Crippen molar-refractivity contribution in [1.82, 2.24) is 14.8 Å². The van der Waals surface area contributed by atoms with Crippen LogP contribution in [0.5, 0.6) is 0 Å². The largest absolute Gasteiger partial charge is 0.294 e. The zero-order chi connectivity index (χ0) is 14.7. The summed E-state index contributed by atoms with van der Waals surface area (Å²) in [7, 11) is 0. The molecule has 0 saturated heterocycles. The van der Waals surface area contributed by atoms with Gasteiger partial charge in [0.25, 0.3) is 0 Å². The maximum atomic E-state index is 13.1. The summed E-state index contributed by atoms with van der Waals surface area (Å²) in [5.74, 6) is -4.50. The van der Waals surface area contributed by atoms with E-state index in [0.717, 1.165) is 6.42 Å². The fourth-order valence-corrected chi connectivity index (χ4v) is 1.79. The predicted octanol–water partition coefficient (Wildman–Crippen LogP) is 2.53. The average molecular weight is 283 g/mol. The summed E-state index contributed by atoms with van der Waals surface area (Å²) in [6.45, 7) is 2.53. The number of halogens is 3. The van der Waals surface area contributed by atoms with E-state index >= 15 is 0 Å². The fraction of sp³-hybridized carbons (Fsp3) is 0.308. The zero-order valence-corrected chi connectivity index (χ0v) is 10.7. The second kappa shape index (κ2) is 5.85. The van der Waals surface area contributed by atoms with Gasteiger partial charge in [-0.1, -0.05) is 6.92 Å². The van der Waals surface area contributed by atoms with E-state index in [-0.39, 0.29) is 12.0 Å². The van der Waals surface area contributed by atoms with E-state index in [4.69, 9.17) is 0 Å². The number of rotatable bonds is 5. The Labute approximate surface area is 113 Å². The van der Waals surface area contributed by atoms with E-state index in [1.54, 1.807) is 4.68 Å². The summed E-state index contributed by atoms with van der Waals surface area (Å²) < 4.78 is 40.5. The van der Waals surface area contributed by atoms with Crippen molar-refractivity contribution >= 4 is 5.78 Å². The van der Waals surface area contributed by atoms with Gasteiger partial charge in [0.2, 0.25) is 0 Å². The van der Waals surface area contributed by atoms with Crippen LogP contribution in [-0.4, -0.2) is 20.5 Å². The number of ketones is 1. The van der Waals surface area contributed by atoms with Crippen LogP contribution in [-0.2, 0) is 13.0 Å². The summed E-state index contributed by atoms with van der Waals surface area (Å²) in [6, 6.07) is 1.36. The molecular formula is C13H12F3N3O. The van der Waals surface area contributed by atoms with Crippen molar-refractivity contribution in [2.45, 2.75) is 26.3 Å². The Balaban J connectivity index is 2.22. The van der Waals surface area contributed by atoms with Crippen molar-refractivity contribution in [3.8, 4) is 0 Å². The van der Waals surface area contributed by atoms with Gasteiger partial charge in [-0.05, 0) is 18.6 Å². The Kier molecular flexibility index (Phi) is 4.16. The van der Waals surface area contributed by atoms with Crippen LogP contribution in [0.25, 0.3) is 0 Å². The van der Waals surface area contributed by atoms with E-state index < -0.39 is 23.2 Å². The standard InChI is InChI=1S/C13H12F3N3O/c1-2-3-19-12(17-7-18-19)6-11(20)8-4-9(14)13(16)10(15)5-8/h4-5,7H,2-3,6H2,1H3. The Bertz CT molecular complexity index is 617. The molecule has 106 valence electrons. The Hall–Kier alpha value is -2.18. The molecule has 1 heterocycles. The third-order valence-electron chi connectivity index (χ3n) is 2.76. The van der Waals surface area contributed by atoms with Crippen molar-refractivity contribution in [3.63, 3.8) is 0 Å². The lowest BCUT2D eigenvalue weighted by molar-refractivity contribution is 0.0988. The van der Waals surface area contributed by atoms with Crippen LogP contribution in [0.15, 0.2) is 18.5 Å². The topological polar surface area (TPSA) is 47.8 Å². The van der Waals surface area contributed by atoms with Crippen molar-refractivity contribution in [2.24, 2.45) is 0 Å². The van der Waals surface area contributed by atoms with E-state index in [2.05, 4.69) is 10.1 Å². The molecule has 0 atom stereocenters. The Morgan fingerprint density at radius 1 is 1.25 bits per heavy atom. The summed E-state index contributed by atoms with van der Waals surface area (Å²) in [4.78, 5) is 15.9. The highest BCUT2D eigenvalue weighted by Crippen LogP contribution is 2.15. The number of carbonyl (C=O) groups is 1. The van der Waals surface area contributed by atoms with Crippen molar-refractivity contribution in [3.05, 3.63) is 47.3 Å². The lowest BCUT2D eigenvalue weighted by Gasteiger charge is -2.05. The maximum absolute atomic E-state index is 13.1. The van der Waals surface area contributed by atoms with Crippen LogP contribution in [0.4, 0.5) is 13.2 Å². The first-order valence-corrected chi connectivity index (χ1v) is 6.07. The van der Waals surface area contributed by atoms with Crippen molar-refractivity contribution < 1.29 is 18.0 Å². The lowest BCUT2D eigenvalue weighted by atomic mass is 10.1. The molecule has 20 heavy (non-hydrogen) atoms. The zero-order valence-electron chi connectivity index (χ0n) is 10.7. The van der Waals surface area contributed by atoms with E-state index in [0.29, 0.717) is 24.5 Å². The van der Waals surface area contributed by atoms with Gasteiger partial charge in [0.05, 0.1) is 6.42 Å². The molecule has 1 aromatic carbocycles. The van der Waals surface area contributed by atoms with E-state index in [9.17, 15) is 18.0 Å². The number of benzene rings is 1. The smallest absolute Gasteiger partial charge is 0.194 e. The Morgan fingerprint density at radius 3 is 2.50 bits per heavy atom. The minimum atomic E-state index is -1.59. The third-order valence-corrected chi connectivity index (χ3v) is 2.76. The highest BCUT2D eigenvalue weighted by molar-refractivity contribution is 5.97. The summed E-state index contributed by atoms with van der Waals surface area (Å²) >= 11 is 0. The normalized spacial score (nSPS) is 10.8. The fourth-order valence-electron chi connectivity index (χ4n) is 1.79. The first-order valence-electron chi connectivity index (χ1n) is 6.07. The van der Waals surface area contributed by atoms with E-state index in [1.807, 2.05) is 6.92 Å². The SMILES string of the molecule is CCCn1ncnc1CC(=O)c1cc(F)c(F)c(F)c1. The quantitative estimate of drug-likeness (QED) is 0.626. The second-order valence-corrected chi connectivity index (χ2v) is 4.25. The average Bonchev–Trinajstić information content (AvgIpc) is 2.83. The number of Topliss-reactive ketones (excluding diaryl/α,β-unsaturated/α-hetero) is 1. The van der Waals surface area contributed by atoms with Gasteiger partial charge >= 0.3 is 0 Å². The minimum Gasteiger partial charge on any atom is -0.294 e. The number of hydrogen-bond acceptors (Lipinski definition) is 3. The Morgan fingerprint density at radius 2 is 1.90 bits per heavy atom. The molecule has 4 nitrogen and oxygen atoms in total. The predicted molar refractivity (Wildman–Crippen MR) is 64.7 cm³/mol. The van der Waals surface area contributed by atoms with Crippen LogP contribution >= 0.6 is 0 Å². The molecule has 0 radical (unpaired) electrons. The molecule has 7 heteroatoms. The number of aromatic nitrogens is 3. The lowest BCUT2D eigenvalue weighted by Crippen LogP contribution is -2.12. The number of hydrogen-bond donors (Lipinski definition) is 0. The maximum Gasteiger partial charge on any atom is 0.194 e. The van der Waals surface area contributed by atoms with Crippen LogP contribution in [0.1, 0.15) is 29.5 Å². The molecule has 0 amide bonds. The molecule has 0 aliphatic rings. The molecule has 0 fully saturated rings. The molecule has 0 aliphatic carbocycles. The second-order valence-electron chi connectivity index (χ2n) is 4.25. The van der Waals surface area contributed by atoms with Gasteiger partial charge in [-0.2, -0.15) is 5.10 Å². The first-order chi connectivity index (χ1) is 9.52. The van der Waals surface area contributed by atoms with Gasteiger partial charge in [-0.3, -0.25) is 4.79 Å². The van der Waals surface area contributed by atoms with Gasteiger partial charge in [-0.25, -0.2) is 22.8 Å². The van der Waals surface area contributed by atoms with Gasteiger partial charge in [0.15, 0.2) is 23.2 Å². The highest BCUT2D eigenvalue weighted by Gasteiger charge is 2.17. The molecule has 0 saturated carbocycles. The van der Waals surface area contributed by atoms with Gasteiger partial charge < -0.3 is 0 Å². The van der Waals surface area contributed by atoms with Crippen LogP contribution in [0.2, 0.25) is 0 Å². The number of aryl methyl sites for hydroxylation is 1. The summed E-state index contributed by atoms with van der Waals surface area (Å²) in [5, 5.41) is 3.95. The van der Waals surface area contributed by atoms with Gasteiger partial charge in [-0.15, -0.1) is 0 Å². The molecule has 0 aliphatic heterocycles. The van der Waals surface area contributed by atoms with Crippen molar-refractivity contribution in [2.75, 3.05) is 0 Å². The van der Waals surface area contributed by atoms with Gasteiger partial charge in [0.1, 0.15) is 12.2 Å². The monoisotopic (exact) mass is 283 g/mol. The molecule has 0 bridgehead atoms. The molecule has 1 aromatic heterocycles. The molecule has 0 N–H and O–H groups in total. The van der Waals surface area contributed by atoms with Crippen LogP contribution in [0.3, 0.4) is 0 Å². The first kappa shape index (κ1) is 14.2. The summed E-state index contributed by atoms with van der Waals surface area (Å²) in [6.07, 6.45) is 1.97. The summed E-state index contributed by atoms with van der Waals surface area (Å²) in [5.41, 5.74) is -0.229. The highest BCUT2D eigenvalue weighted by atomic mass is 19.2. The molecule has 2 rings (SSSR count). The number of nitrogens with zero attached hydrogens (tertiary/aromatic N) is 3. The molecule has 0 spiro atoms. The van der Waals surface area contributed by atoms with Crippen LogP contribution in [0, 0.1) is 17.5 Å². The molecule has 2 aromatic rings. The third kappa shape index (κ3) is 2.87. The molecule has 0 unspecified atom stereocenters. The van der Waals surface area contributed by atoms with Gasteiger partial charge in [0, 0.05) is 12.1 Å². The molecular weight excluding hydrogens is 271 g/mol. The van der Waals surface area contributed by atoms with E-state index in [1.165, 1.54) is 6.33 Å².